The summed E-state index contributed by atoms with van der Waals surface area (Å²) in [4.78, 5) is 0. The Morgan fingerprint density at radius 1 is 1.71 bits per heavy atom. The van der Waals surface area contributed by atoms with Gasteiger partial charge < -0.3 is 14.6 Å². The number of aliphatic hydroxyl groups excluding tert-OH is 1. The first-order chi connectivity index (χ1) is 6.51. The first kappa shape index (κ1) is 13.4. The lowest BCUT2D eigenvalue weighted by Gasteiger charge is -2.30. The van der Waals surface area contributed by atoms with Crippen LogP contribution in [0.25, 0.3) is 0 Å². The summed E-state index contributed by atoms with van der Waals surface area (Å²) >= 11 is 0. The van der Waals surface area contributed by atoms with Crippen LogP contribution >= 0.6 is 0 Å². The number of rotatable bonds is 6. The van der Waals surface area contributed by atoms with Gasteiger partial charge in [0.25, 0.3) is 0 Å². The molecule has 5 heteroatoms. The fraction of sp³-hybridized carbons (Fsp3) is 0.778. The van der Waals surface area contributed by atoms with E-state index in [-0.39, 0.29) is 6.61 Å². The lowest BCUT2D eigenvalue weighted by atomic mass is 9.94. The van der Waals surface area contributed by atoms with E-state index in [0.717, 1.165) is 0 Å². The summed E-state index contributed by atoms with van der Waals surface area (Å²) in [7, 11) is 6.72. The van der Waals surface area contributed by atoms with Crippen molar-refractivity contribution in [3.8, 4) is 12.3 Å². The molecule has 2 radical (unpaired) electrons. The average Bonchev–Trinajstić information content (AvgIpc) is 2.16. The second kappa shape index (κ2) is 6.02. The molecule has 0 saturated carbocycles. The highest BCUT2D eigenvalue weighted by atomic mass is 19.1. The van der Waals surface area contributed by atoms with Gasteiger partial charge in [0, 0.05) is 13.1 Å². The van der Waals surface area contributed by atoms with Crippen LogP contribution in [0, 0.1) is 12.3 Å². The van der Waals surface area contributed by atoms with Crippen LogP contribution in [0.1, 0.15) is 6.92 Å². The van der Waals surface area contributed by atoms with Gasteiger partial charge in [-0.1, -0.05) is 5.92 Å². The smallest absolute Gasteiger partial charge is 0.173 e. The molecule has 0 aliphatic carbocycles. The molecule has 1 unspecified atom stereocenters. The quantitative estimate of drug-likeness (QED) is 0.479. The molecule has 0 aromatic heterocycles. The first-order valence-corrected chi connectivity index (χ1v) is 4.16. The number of hydrogen-bond acceptors (Lipinski definition) is 3. The zero-order valence-corrected chi connectivity index (χ0v) is 8.37. The highest BCUT2D eigenvalue weighted by Crippen LogP contribution is 2.14. The number of methoxy groups -OCH3 is 1. The molecule has 3 atom stereocenters. The molecule has 0 aromatic rings. The monoisotopic (exact) mass is 200 g/mol. The van der Waals surface area contributed by atoms with Crippen LogP contribution in [0.3, 0.4) is 0 Å². The lowest BCUT2D eigenvalue weighted by Crippen LogP contribution is -2.45. The Kier molecular flexibility index (Phi) is 5.78. The van der Waals surface area contributed by atoms with Crippen LogP contribution in [0.5, 0.6) is 0 Å². The summed E-state index contributed by atoms with van der Waals surface area (Å²) in [5.74, 6) is 2.21. The Bertz CT molecular complexity index is 205. The van der Waals surface area contributed by atoms with E-state index >= 15 is 0 Å². The van der Waals surface area contributed by atoms with Crippen molar-refractivity contribution in [1.29, 1.82) is 0 Å². The summed E-state index contributed by atoms with van der Waals surface area (Å²) < 4.78 is 22.5. The van der Waals surface area contributed by atoms with E-state index in [2.05, 4.69) is 5.92 Å². The number of hydrogen-bond donors (Lipinski definition) is 1. The van der Waals surface area contributed by atoms with Crippen molar-refractivity contribution in [3.05, 3.63) is 0 Å². The van der Waals surface area contributed by atoms with Crippen molar-refractivity contribution in [1.82, 2.24) is 0 Å². The highest BCUT2D eigenvalue weighted by molar-refractivity contribution is 6.11. The molecule has 0 fully saturated rings. The van der Waals surface area contributed by atoms with Crippen molar-refractivity contribution < 1.29 is 19.0 Å². The SMILES string of the molecule is [B]C(O[C@@](C#C)(CO)COC)[C@@H](C)F. The minimum atomic E-state index is -1.37. The topological polar surface area (TPSA) is 38.7 Å². The molecule has 0 aliphatic rings. The van der Waals surface area contributed by atoms with Crippen LogP contribution in [0.2, 0.25) is 0 Å². The number of ether oxygens (including phenoxy) is 2. The van der Waals surface area contributed by atoms with Crippen LogP contribution in [-0.4, -0.2) is 51.1 Å². The van der Waals surface area contributed by atoms with Gasteiger partial charge in [-0.2, -0.15) is 0 Å². The molecule has 78 valence electrons. The van der Waals surface area contributed by atoms with Gasteiger partial charge in [0.05, 0.1) is 13.2 Å². The molecule has 0 rings (SSSR count). The van der Waals surface area contributed by atoms with Crippen LogP contribution in [-0.2, 0) is 9.47 Å². The molecular weight excluding hydrogens is 186 g/mol. The summed E-state index contributed by atoms with van der Waals surface area (Å²) in [6.07, 6.45) is 3.79. The minimum absolute atomic E-state index is 0.0413. The number of aliphatic hydroxyl groups is 1. The van der Waals surface area contributed by atoms with Crippen molar-refractivity contribution in [2.75, 3.05) is 20.3 Å². The molecule has 0 bridgehead atoms. The fourth-order valence-corrected chi connectivity index (χ4v) is 0.826. The Morgan fingerprint density at radius 2 is 2.29 bits per heavy atom. The van der Waals surface area contributed by atoms with Crippen molar-refractivity contribution in [3.63, 3.8) is 0 Å². The van der Waals surface area contributed by atoms with Gasteiger partial charge in [0.15, 0.2) is 5.60 Å². The summed E-state index contributed by atoms with van der Waals surface area (Å²) in [5.41, 5.74) is -1.37. The maximum atomic E-state index is 12.7. The summed E-state index contributed by atoms with van der Waals surface area (Å²) in [5, 5.41) is 9.01. The van der Waals surface area contributed by atoms with Crippen molar-refractivity contribution >= 4 is 7.85 Å². The lowest BCUT2D eigenvalue weighted by molar-refractivity contribution is -0.105. The molecule has 0 amide bonds. The maximum absolute atomic E-state index is 12.7. The van der Waals surface area contributed by atoms with Crippen molar-refractivity contribution in [2.24, 2.45) is 0 Å². The minimum Gasteiger partial charge on any atom is -0.392 e. The molecule has 0 aliphatic heterocycles. The highest BCUT2D eigenvalue weighted by Gasteiger charge is 2.31. The second-order valence-electron chi connectivity index (χ2n) is 2.99. The van der Waals surface area contributed by atoms with Crippen LogP contribution < -0.4 is 0 Å². The van der Waals surface area contributed by atoms with E-state index in [9.17, 15) is 4.39 Å². The third-order valence-corrected chi connectivity index (χ3v) is 1.71. The van der Waals surface area contributed by atoms with Gasteiger partial charge in [-0.15, -0.1) is 6.42 Å². The normalized spacial score (nSPS) is 19.4. The Hall–Kier alpha value is -0.565. The molecule has 0 spiro atoms. The molecular formula is C9H14BFO3. The Labute approximate surface area is 85.0 Å². The third kappa shape index (κ3) is 3.66. The van der Waals surface area contributed by atoms with Crippen molar-refractivity contribution in [2.45, 2.75) is 24.7 Å². The summed E-state index contributed by atoms with van der Waals surface area (Å²) in [6, 6.07) is -1.17. The molecule has 3 nitrogen and oxygen atoms in total. The zero-order valence-electron chi connectivity index (χ0n) is 8.37. The predicted octanol–water partition coefficient (Wildman–Crippen LogP) is -0.134. The zero-order chi connectivity index (χ0) is 11.2. The molecule has 1 N–H and O–H groups in total. The average molecular weight is 200 g/mol. The Morgan fingerprint density at radius 3 is 2.57 bits per heavy atom. The van der Waals surface area contributed by atoms with Gasteiger partial charge in [-0.05, 0) is 6.92 Å². The Balaban J connectivity index is 4.43. The molecule has 14 heavy (non-hydrogen) atoms. The van der Waals surface area contributed by atoms with E-state index in [0.29, 0.717) is 0 Å². The first-order valence-electron chi connectivity index (χ1n) is 4.16. The van der Waals surface area contributed by atoms with E-state index in [1.165, 1.54) is 14.0 Å². The van der Waals surface area contributed by atoms with Gasteiger partial charge in [-0.3, -0.25) is 0 Å². The molecule has 0 heterocycles. The molecule has 0 aromatic carbocycles. The fourth-order valence-electron chi connectivity index (χ4n) is 0.826. The van der Waals surface area contributed by atoms with E-state index in [4.69, 9.17) is 28.8 Å². The van der Waals surface area contributed by atoms with Crippen LogP contribution in [0.15, 0.2) is 0 Å². The number of halogens is 1. The van der Waals surface area contributed by atoms with E-state index in [1.54, 1.807) is 0 Å². The maximum Gasteiger partial charge on any atom is 0.173 e. The van der Waals surface area contributed by atoms with Gasteiger partial charge in [0.1, 0.15) is 14.0 Å². The third-order valence-electron chi connectivity index (χ3n) is 1.71. The largest absolute Gasteiger partial charge is 0.392 e. The van der Waals surface area contributed by atoms with Gasteiger partial charge in [0.2, 0.25) is 0 Å². The van der Waals surface area contributed by atoms with Gasteiger partial charge >= 0.3 is 0 Å². The predicted molar refractivity (Wildman–Crippen MR) is 51.7 cm³/mol. The van der Waals surface area contributed by atoms with E-state index < -0.39 is 24.4 Å². The molecule has 0 saturated heterocycles. The number of alkyl halides is 1. The second-order valence-corrected chi connectivity index (χ2v) is 2.99. The summed E-state index contributed by atoms with van der Waals surface area (Å²) in [6.45, 7) is 0.730. The van der Waals surface area contributed by atoms with Crippen LogP contribution in [0.4, 0.5) is 4.39 Å². The van der Waals surface area contributed by atoms with Gasteiger partial charge in [-0.25, -0.2) is 4.39 Å². The number of terminal acetylenes is 1. The van der Waals surface area contributed by atoms with E-state index in [1.807, 2.05) is 0 Å². The standard InChI is InChI=1S/C9H14BFO3/c1-4-9(5-12,6-13-3)14-8(10)7(2)11/h1,7-8,12H,5-6H2,2-3H3/t7-,8?,9+/m1/s1.